The fraction of sp³-hybridized carbons (Fsp3) is 0.538. The van der Waals surface area contributed by atoms with Crippen LogP contribution in [-0.2, 0) is 0 Å². The highest BCUT2D eigenvalue weighted by atomic mass is 16.4. The van der Waals surface area contributed by atoms with Crippen LogP contribution in [-0.4, -0.2) is 51.9 Å². The van der Waals surface area contributed by atoms with E-state index in [4.69, 9.17) is 5.11 Å². The fourth-order valence-corrected chi connectivity index (χ4v) is 1.79. The van der Waals surface area contributed by atoms with Crippen LogP contribution in [0.4, 0.5) is 5.69 Å². The van der Waals surface area contributed by atoms with Gasteiger partial charge in [0.05, 0.1) is 12.7 Å². The second kappa shape index (κ2) is 6.70. The molecule has 5 N–H and O–H groups in total. The number of nitrogens with one attached hydrogen (secondary N) is 1. The molecule has 0 amide bonds. The van der Waals surface area contributed by atoms with Gasteiger partial charge in [-0.25, -0.2) is 0 Å². The lowest BCUT2D eigenvalue weighted by atomic mass is 10.1. The molecule has 1 aromatic rings. The van der Waals surface area contributed by atoms with Crippen molar-refractivity contribution in [1.29, 1.82) is 0 Å². The monoisotopic (exact) mass is 255 g/mol. The Labute approximate surface area is 107 Å². The van der Waals surface area contributed by atoms with Gasteiger partial charge in [0.25, 0.3) is 0 Å². The van der Waals surface area contributed by atoms with Crippen molar-refractivity contribution in [3.05, 3.63) is 29.3 Å². The van der Waals surface area contributed by atoms with Crippen LogP contribution >= 0.6 is 0 Å². The Morgan fingerprint density at radius 3 is 2.11 bits per heavy atom. The molecule has 0 aliphatic heterocycles. The third kappa shape index (κ3) is 3.68. The Balaban J connectivity index is 2.60. The minimum Gasteiger partial charge on any atom is -0.394 e. The van der Waals surface area contributed by atoms with Crippen molar-refractivity contribution in [1.82, 2.24) is 0 Å². The van der Waals surface area contributed by atoms with Crippen molar-refractivity contribution >= 4 is 5.69 Å². The summed E-state index contributed by atoms with van der Waals surface area (Å²) >= 11 is 0. The molecule has 0 heterocycles. The zero-order valence-electron chi connectivity index (χ0n) is 10.7. The van der Waals surface area contributed by atoms with E-state index in [1.807, 2.05) is 32.0 Å². The molecular formula is C13H21NO4. The molecule has 0 fully saturated rings. The van der Waals surface area contributed by atoms with E-state index in [0.717, 1.165) is 16.8 Å². The standard InChI is InChI=1S/C13H21NO4/c1-8-4-3-5-9(2)12(8)14-6-10(16)13(18)11(17)7-15/h3-5,10-11,13-18H,6-7H2,1-2H3/t10-,11+,13-/m0/s1. The van der Waals surface area contributed by atoms with E-state index >= 15 is 0 Å². The third-order valence-electron chi connectivity index (χ3n) is 2.94. The van der Waals surface area contributed by atoms with Crippen molar-refractivity contribution in [2.24, 2.45) is 0 Å². The lowest BCUT2D eigenvalue weighted by Gasteiger charge is -2.23. The molecule has 0 bridgehead atoms. The third-order valence-corrected chi connectivity index (χ3v) is 2.94. The van der Waals surface area contributed by atoms with Gasteiger partial charge < -0.3 is 25.7 Å². The lowest BCUT2D eigenvalue weighted by Crippen LogP contribution is -2.43. The molecule has 0 unspecified atom stereocenters. The number of aliphatic hydroxyl groups is 4. The van der Waals surface area contributed by atoms with Gasteiger partial charge in [-0.1, -0.05) is 18.2 Å². The maximum absolute atomic E-state index is 9.68. The van der Waals surface area contributed by atoms with E-state index in [9.17, 15) is 15.3 Å². The molecule has 5 heteroatoms. The summed E-state index contributed by atoms with van der Waals surface area (Å²) in [5.41, 5.74) is 2.99. The molecule has 0 aliphatic rings. The number of hydrogen-bond acceptors (Lipinski definition) is 5. The van der Waals surface area contributed by atoms with Crippen LogP contribution in [0.25, 0.3) is 0 Å². The van der Waals surface area contributed by atoms with Gasteiger partial charge in [-0.3, -0.25) is 0 Å². The molecule has 0 aliphatic carbocycles. The molecule has 0 saturated heterocycles. The summed E-state index contributed by atoms with van der Waals surface area (Å²) in [7, 11) is 0. The zero-order chi connectivity index (χ0) is 13.7. The van der Waals surface area contributed by atoms with E-state index < -0.39 is 24.9 Å². The van der Waals surface area contributed by atoms with Gasteiger partial charge >= 0.3 is 0 Å². The first-order valence-corrected chi connectivity index (χ1v) is 5.92. The van der Waals surface area contributed by atoms with Gasteiger partial charge in [-0.05, 0) is 25.0 Å². The SMILES string of the molecule is Cc1cccc(C)c1NC[C@H](O)[C@H](O)[C@H](O)CO. The van der Waals surface area contributed by atoms with Gasteiger partial charge in [-0.2, -0.15) is 0 Å². The number of para-hydroxylation sites is 1. The minimum atomic E-state index is -1.37. The maximum atomic E-state index is 9.68. The number of aryl methyl sites for hydroxylation is 2. The number of aliphatic hydroxyl groups excluding tert-OH is 4. The Morgan fingerprint density at radius 2 is 1.61 bits per heavy atom. The van der Waals surface area contributed by atoms with Crippen LogP contribution in [0.1, 0.15) is 11.1 Å². The predicted molar refractivity (Wildman–Crippen MR) is 69.5 cm³/mol. The van der Waals surface area contributed by atoms with Crippen molar-refractivity contribution in [2.75, 3.05) is 18.5 Å². The summed E-state index contributed by atoms with van der Waals surface area (Å²) in [4.78, 5) is 0. The molecule has 0 radical (unpaired) electrons. The van der Waals surface area contributed by atoms with Crippen molar-refractivity contribution in [3.8, 4) is 0 Å². The number of rotatable bonds is 6. The molecule has 1 aromatic carbocycles. The van der Waals surface area contributed by atoms with Gasteiger partial charge in [-0.15, -0.1) is 0 Å². The number of hydrogen-bond donors (Lipinski definition) is 5. The molecule has 1 rings (SSSR count). The van der Waals surface area contributed by atoms with E-state index in [-0.39, 0.29) is 6.54 Å². The summed E-state index contributed by atoms with van der Waals surface area (Å²) in [6, 6.07) is 5.83. The molecular weight excluding hydrogens is 234 g/mol. The molecule has 5 nitrogen and oxygen atoms in total. The quantitative estimate of drug-likeness (QED) is 0.485. The van der Waals surface area contributed by atoms with E-state index in [1.54, 1.807) is 0 Å². The first kappa shape index (κ1) is 14.9. The fourth-order valence-electron chi connectivity index (χ4n) is 1.79. The average molecular weight is 255 g/mol. The topological polar surface area (TPSA) is 93.0 Å². The second-order valence-corrected chi connectivity index (χ2v) is 4.46. The summed E-state index contributed by atoms with van der Waals surface area (Å²) in [5, 5.41) is 40.1. The Kier molecular flexibility index (Phi) is 5.55. The van der Waals surface area contributed by atoms with Gasteiger partial charge in [0.2, 0.25) is 0 Å². The minimum absolute atomic E-state index is 0.101. The average Bonchev–Trinajstić information content (AvgIpc) is 2.36. The molecule has 0 aromatic heterocycles. The van der Waals surface area contributed by atoms with E-state index in [2.05, 4.69) is 5.32 Å². The number of anilines is 1. The normalized spacial score (nSPS) is 16.1. The van der Waals surface area contributed by atoms with E-state index in [0.29, 0.717) is 0 Å². The van der Waals surface area contributed by atoms with Crippen LogP contribution in [0.3, 0.4) is 0 Å². The molecule has 3 atom stereocenters. The van der Waals surface area contributed by atoms with Crippen LogP contribution in [0.2, 0.25) is 0 Å². The van der Waals surface area contributed by atoms with Crippen molar-refractivity contribution in [3.63, 3.8) is 0 Å². The van der Waals surface area contributed by atoms with Gasteiger partial charge in [0.15, 0.2) is 0 Å². The smallest absolute Gasteiger partial charge is 0.110 e. The van der Waals surface area contributed by atoms with Gasteiger partial charge in [0, 0.05) is 12.2 Å². The highest BCUT2D eigenvalue weighted by molar-refractivity contribution is 5.56. The first-order valence-electron chi connectivity index (χ1n) is 5.92. The summed E-state index contributed by atoms with van der Waals surface area (Å²) in [5.74, 6) is 0. The number of benzene rings is 1. The largest absolute Gasteiger partial charge is 0.394 e. The molecule has 0 spiro atoms. The van der Waals surface area contributed by atoms with Crippen LogP contribution < -0.4 is 5.32 Å². The maximum Gasteiger partial charge on any atom is 0.110 e. The van der Waals surface area contributed by atoms with Crippen molar-refractivity contribution in [2.45, 2.75) is 32.2 Å². The Morgan fingerprint density at radius 1 is 1.06 bits per heavy atom. The Hall–Kier alpha value is -1.14. The second-order valence-electron chi connectivity index (χ2n) is 4.46. The highest BCUT2D eigenvalue weighted by Gasteiger charge is 2.23. The lowest BCUT2D eigenvalue weighted by molar-refractivity contribution is -0.0715. The van der Waals surface area contributed by atoms with Crippen molar-refractivity contribution < 1.29 is 20.4 Å². The molecule has 18 heavy (non-hydrogen) atoms. The summed E-state index contributed by atoms with van der Waals surface area (Å²) in [6.45, 7) is 3.41. The molecule has 102 valence electrons. The Bertz CT molecular complexity index is 363. The first-order chi connectivity index (χ1) is 8.47. The van der Waals surface area contributed by atoms with Crippen LogP contribution in [0.15, 0.2) is 18.2 Å². The molecule has 0 saturated carbocycles. The summed E-state index contributed by atoms with van der Waals surface area (Å²) < 4.78 is 0. The van der Waals surface area contributed by atoms with Gasteiger partial charge in [0.1, 0.15) is 12.2 Å². The zero-order valence-corrected chi connectivity index (χ0v) is 10.7. The summed E-state index contributed by atoms with van der Waals surface area (Å²) in [6.07, 6.45) is -3.85. The van der Waals surface area contributed by atoms with Crippen LogP contribution in [0.5, 0.6) is 0 Å². The predicted octanol–water partition coefficient (Wildman–Crippen LogP) is -0.210. The highest BCUT2D eigenvalue weighted by Crippen LogP contribution is 2.19. The van der Waals surface area contributed by atoms with Crippen LogP contribution in [0, 0.1) is 13.8 Å². The van der Waals surface area contributed by atoms with E-state index in [1.165, 1.54) is 0 Å².